The third-order valence-electron chi connectivity index (χ3n) is 2.93. The highest BCUT2D eigenvalue weighted by atomic mass is 32.2. The summed E-state index contributed by atoms with van der Waals surface area (Å²) >= 11 is 1.40. The molecule has 22 heavy (non-hydrogen) atoms. The lowest BCUT2D eigenvalue weighted by Gasteiger charge is -2.15. The zero-order valence-electron chi connectivity index (χ0n) is 12.1. The number of carboxylic acid groups (broad SMARTS) is 2. The number of thioether (sulfide) groups is 1. The van der Waals surface area contributed by atoms with E-state index in [9.17, 15) is 18.0 Å². The average Bonchev–Trinajstić information content (AvgIpc) is 2.43. The molecule has 0 saturated heterocycles. The number of aromatic carboxylic acids is 1. The maximum absolute atomic E-state index is 12.3. The van der Waals surface area contributed by atoms with E-state index in [0.717, 1.165) is 6.07 Å². The smallest absolute Gasteiger partial charge is 0.335 e. The van der Waals surface area contributed by atoms with E-state index in [-0.39, 0.29) is 16.9 Å². The number of nitrogens with one attached hydrogen (secondary N) is 1. The molecule has 1 aromatic carbocycles. The molecule has 1 aromatic rings. The minimum atomic E-state index is -4.13. The molecule has 7 nitrogen and oxygen atoms in total. The Morgan fingerprint density at radius 3 is 2.45 bits per heavy atom. The van der Waals surface area contributed by atoms with Crippen molar-refractivity contribution in [2.45, 2.75) is 24.3 Å². The summed E-state index contributed by atoms with van der Waals surface area (Å²) < 4.78 is 26.8. The molecule has 0 bridgehead atoms. The molecular weight excluding hydrogens is 330 g/mol. The molecule has 0 aliphatic heterocycles. The highest BCUT2D eigenvalue weighted by Gasteiger charge is 2.26. The average molecular weight is 347 g/mol. The first-order valence-electron chi connectivity index (χ1n) is 6.27. The molecule has 0 fully saturated rings. The molecule has 3 N–H and O–H groups in total. The van der Waals surface area contributed by atoms with Gasteiger partial charge >= 0.3 is 11.9 Å². The summed E-state index contributed by atoms with van der Waals surface area (Å²) in [6, 6.07) is 2.42. The Morgan fingerprint density at radius 1 is 1.32 bits per heavy atom. The van der Waals surface area contributed by atoms with Gasteiger partial charge in [0.2, 0.25) is 10.0 Å². The third kappa shape index (κ3) is 4.72. The lowest BCUT2D eigenvalue weighted by molar-refractivity contribution is -0.139. The van der Waals surface area contributed by atoms with E-state index < -0.39 is 28.0 Å². The van der Waals surface area contributed by atoms with Crippen LogP contribution in [0, 0.1) is 6.92 Å². The van der Waals surface area contributed by atoms with Crippen LogP contribution in [-0.4, -0.2) is 48.6 Å². The lowest BCUT2D eigenvalue weighted by Crippen LogP contribution is -2.41. The normalized spacial score (nSPS) is 12.8. The second kappa shape index (κ2) is 7.61. The third-order valence-corrected chi connectivity index (χ3v) is 5.19. The fraction of sp³-hybridized carbons (Fsp3) is 0.385. The second-order valence-corrected chi connectivity index (χ2v) is 7.25. The van der Waals surface area contributed by atoms with Crippen molar-refractivity contribution in [1.29, 1.82) is 0 Å². The molecule has 9 heteroatoms. The van der Waals surface area contributed by atoms with Crippen LogP contribution in [0.5, 0.6) is 0 Å². The molecule has 0 aromatic heterocycles. The largest absolute Gasteiger partial charge is 0.480 e. The van der Waals surface area contributed by atoms with Crippen LogP contribution in [0.15, 0.2) is 23.1 Å². The molecule has 0 heterocycles. The minimum Gasteiger partial charge on any atom is -0.480 e. The van der Waals surface area contributed by atoms with Crippen LogP contribution in [0.4, 0.5) is 0 Å². The zero-order valence-corrected chi connectivity index (χ0v) is 13.7. The first-order valence-corrected chi connectivity index (χ1v) is 9.14. The summed E-state index contributed by atoms with van der Waals surface area (Å²) in [7, 11) is -4.13. The number of carbonyl (C=O) groups is 2. The van der Waals surface area contributed by atoms with Crippen molar-refractivity contribution >= 4 is 33.7 Å². The Bertz CT molecular complexity index is 671. The van der Waals surface area contributed by atoms with Crippen molar-refractivity contribution in [3.8, 4) is 0 Å². The van der Waals surface area contributed by atoms with Crippen LogP contribution in [0.2, 0.25) is 0 Å². The number of hydrogen-bond acceptors (Lipinski definition) is 5. The van der Waals surface area contributed by atoms with Gasteiger partial charge in [0.05, 0.1) is 10.5 Å². The summed E-state index contributed by atoms with van der Waals surface area (Å²) in [5.74, 6) is -2.05. The molecule has 0 aliphatic carbocycles. The zero-order chi connectivity index (χ0) is 16.9. The van der Waals surface area contributed by atoms with Gasteiger partial charge in [-0.25, -0.2) is 13.2 Å². The summed E-state index contributed by atoms with van der Waals surface area (Å²) in [5, 5.41) is 18.0. The standard InChI is InChI=1S/C13H17NO6S2/c1-8-3-4-9(12(15)16)7-11(8)22(19,20)14-10(13(17)18)5-6-21-2/h3-4,7,10,14H,5-6H2,1-2H3,(H,15,16)(H,17,18)/t10-/m0/s1. The molecule has 1 rings (SSSR count). The monoisotopic (exact) mass is 347 g/mol. The summed E-state index contributed by atoms with van der Waals surface area (Å²) in [6.45, 7) is 1.51. The molecule has 0 spiro atoms. The quantitative estimate of drug-likeness (QED) is 0.645. The fourth-order valence-corrected chi connectivity index (χ4v) is 3.71. The van der Waals surface area contributed by atoms with Gasteiger partial charge < -0.3 is 10.2 Å². The van der Waals surface area contributed by atoms with Crippen LogP contribution in [0.25, 0.3) is 0 Å². The molecule has 0 aliphatic rings. The van der Waals surface area contributed by atoms with Crippen LogP contribution < -0.4 is 4.72 Å². The van der Waals surface area contributed by atoms with E-state index in [1.165, 1.54) is 30.8 Å². The molecule has 0 amide bonds. The number of aliphatic carboxylic acids is 1. The van der Waals surface area contributed by atoms with Crippen LogP contribution >= 0.6 is 11.8 Å². The number of sulfonamides is 1. The SMILES string of the molecule is CSCC[C@H](NS(=O)(=O)c1cc(C(=O)O)ccc1C)C(=O)O. The van der Waals surface area contributed by atoms with E-state index >= 15 is 0 Å². The maximum Gasteiger partial charge on any atom is 0.335 e. The van der Waals surface area contributed by atoms with Gasteiger partial charge in [-0.15, -0.1) is 0 Å². The van der Waals surface area contributed by atoms with Crippen molar-refractivity contribution in [2.24, 2.45) is 0 Å². The van der Waals surface area contributed by atoms with Gasteiger partial charge in [0.1, 0.15) is 6.04 Å². The molecule has 0 unspecified atom stereocenters. The Kier molecular flexibility index (Phi) is 6.39. The Balaban J connectivity index is 3.15. The topological polar surface area (TPSA) is 121 Å². The summed E-state index contributed by atoms with van der Waals surface area (Å²) in [6.07, 6.45) is 1.92. The van der Waals surface area contributed by atoms with Gasteiger partial charge in [-0.05, 0) is 43.0 Å². The molecule has 1 atom stereocenters. The highest BCUT2D eigenvalue weighted by Crippen LogP contribution is 2.18. The highest BCUT2D eigenvalue weighted by molar-refractivity contribution is 7.98. The number of aryl methyl sites for hydroxylation is 1. The predicted molar refractivity (Wildman–Crippen MR) is 82.9 cm³/mol. The fourth-order valence-electron chi connectivity index (χ4n) is 1.74. The number of hydrogen-bond donors (Lipinski definition) is 3. The second-order valence-electron chi connectivity index (χ2n) is 4.58. The van der Waals surface area contributed by atoms with Gasteiger partial charge in [-0.3, -0.25) is 4.79 Å². The Labute approximate surface area is 132 Å². The Morgan fingerprint density at radius 2 is 1.95 bits per heavy atom. The van der Waals surface area contributed by atoms with Gasteiger partial charge in [-0.1, -0.05) is 6.07 Å². The first-order chi connectivity index (χ1) is 10.2. The van der Waals surface area contributed by atoms with E-state index in [2.05, 4.69) is 4.72 Å². The summed E-state index contributed by atoms with van der Waals surface area (Å²) in [5.41, 5.74) is 0.161. The Hall–Kier alpha value is -1.58. The van der Waals surface area contributed by atoms with Crippen LogP contribution in [-0.2, 0) is 14.8 Å². The van der Waals surface area contributed by atoms with Gasteiger partial charge in [0.25, 0.3) is 0 Å². The van der Waals surface area contributed by atoms with Crippen molar-refractivity contribution in [2.75, 3.05) is 12.0 Å². The predicted octanol–water partition coefficient (Wildman–Crippen LogP) is 1.18. The first kappa shape index (κ1) is 18.5. The minimum absolute atomic E-state index is 0.132. The molecule has 0 radical (unpaired) electrons. The van der Waals surface area contributed by atoms with E-state index in [1.807, 2.05) is 0 Å². The number of rotatable bonds is 8. The van der Waals surface area contributed by atoms with Crippen molar-refractivity contribution in [3.05, 3.63) is 29.3 Å². The van der Waals surface area contributed by atoms with Crippen LogP contribution in [0.3, 0.4) is 0 Å². The van der Waals surface area contributed by atoms with E-state index in [0.29, 0.717) is 11.3 Å². The van der Waals surface area contributed by atoms with Crippen molar-refractivity contribution in [1.82, 2.24) is 4.72 Å². The van der Waals surface area contributed by atoms with Gasteiger partial charge in [0.15, 0.2) is 0 Å². The molecule has 0 saturated carbocycles. The maximum atomic E-state index is 12.3. The number of benzene rings is 1. The van der Waals surface area contributed by atoms with E-state index in [4.69, 9.17) is 10.2 Å². The van der Waals surface area contributed by atoms with Crippen LogP contribution in [0.1, 0.15) is 22.3 Å². The molecular formula is C13H17NO6S2. The lowest BCUT2D eigenvalue weighted by atomic mass is 10.1. The summed E-state index contributed by atoms with van der Waals surface area (Å²) in [4.78, 5) is 21.9. The van der Waals surface area contributed by atoms with E-state index in [1.54, 1.807) is 6.26 Å². The van der Waals surface area contributed by atoms with Gasteiger partial charge in [0, 0.05) is 0 Å². The van der Waals surface area contributed by atoms with Gasteiger partial charge in [-0.2, -0.15) is 16.5 Å². The molecule has 122 valence electrons. The van der Waals surface area contributed by atoms with Crippen molar-refractivity contribution < 1.29 is 28.2 Å². The van der Waals surface area contributed by atoms with Crippen molar-refractivity contribution in [3.63, 3.8) is 0 Å². The number of carboxylic acids is 2.